The van der Waals surface area contributed by atoms with E-state index in [2.05, 4.69) is 39.9 Å². The monoisotopic (exact) mass is 317 g/mol. The van der Waals surface area contributed by atoms with Gasteiger partial charge in [0.2, 0.25) is 0 Å². The molecule has 0 aromatic heterocycles. The van der Waals surface area contributed by atoms with Gasteiger partial charge in [0.05, 0.1) is 0 Å². The molecule has 5 heteroatoms. The highest BCUT2D eigenvalue weighted by molar-refractivity contribution is 5.84. The fraction of sp³-hybridized carbons (Fsp3) is 0.556. The summed E-state index contributed by atoms with van der Waals surface area (Å²) in [5.41, 5.74) is 1.08. The zero-order chi connectivity index (χ0) is 16.9. The van der Waals surface area contributed by atoms with Gasteiger partial charge in [-0.25, -0.2) is 0 Å². The predicted octanol–water partition coefficient (Wildman–Crippen LogP) is 2.22. The van der Waals surface area contributed by atoms with E-state index in [0.29, 0.717) is 5.96 Å². The summed E-state index contributed by atoms with van der Waals surface area (Å²) in [5, 5.41) is 6.33. The predicted molar refractivity (Wildman–Crippen MR) is 92.6 cm³/mol. The molecule has 0 spiro atoms. The third-order valence-electron chi connectivity index (χ3n) is 3.88. The molecule has 0 radical (unpaired) electrons. The van der Waals surface area contributed by atoms with Gasteiger partial charge in [0, 0.05) is 19.0 Å². The Morgan fingerprint density at radius 3 is 2.39 bits per heavy atom. The second-order valence-corrected chi connectivity index (χ2v) is 7.01. The molecule has 5 nitrogen and oxygen atoms in total. The zero-order valence-corrected chi connectivity index (χ0v) is 14.5. The van der Waals surface area contributed by atoms with Gasteiger partial charge in [-0.15, -0.1) is 0 Å². The molecule has 0 aliphatic heterocycles. The minimum absolute atomic E-state index is 0.106. The van der Waals surface area contributed by atoms with Crippen molar-refractivity contribution in [1.29, 1.82) is 0 Å². The largest absolute Gasteiger partial charge is 0.459 e. The molecule has 0 atom stereocenters. The van der Waals surface area contributed by atoms with Crippen molar-refractivity contribution in [2.75, 3.05) is 20.1 Å². The standard InChI is InChI=1S/C18H27N3O2/c1-17(2,3)23-15(22)12-20-16(19-4)21-13-18(10-11-18)14-8-6-5-7-9-14/h5-9H,10-13H2,1-4H3,(H2,19,20,21). The summed E-state index contributed by atoms with van der Waals surface area (Å²) in [6.45, 7) is 6.48. The lowest BCUT2D eigenvalue weighted by Gasteiger charge is -2.21. The minimum Gasteiger partial charge on any atom is -0.459 e. The molecule has 1 aromatic rings. The number of esters is 1. The van der Waals surface area contributed by atoms with Crippen LogP contribution in [0.25, 0.3) is 0 Å². The Morgan fingerprint density at radius 2 is 1.87 bits per heavy atom. The Kier molecular flexibility index (Phi) is 5.29. The van der Waals surface area contributed by atoms with Crippen molar-refractivity contribution in [3.05, 3.63) is 35.9 Å². The first-order valence-corrected chi connectivity index (χ1v) is 8.07. The number of hydrogen-bond donors (Lipinski definition) is 2. The quantitative estimate of drug-likeness (QED) is 0.497. The van der Waals surface area contributed by atoms with E-state index in [1.165, 1.54) is 18.4 Å². The Bertz CT molecular complexity index is 557. The van der Waals surface area contributed by atoms with Gasteiger partial charge in [0.1, 0.15) is 12.1 Å². The molecule has 1 saturated carbocycles. The molecule has 1 fully saturated rings. The van der Waals surface area contributed by atoms with Crippen molar-refractivity contribution in [2.45, 2.75) is 44.6 Å². The summed E-state index contributed by atoms with van der Waals surface area (Å²) in [6, 6.07) is 10.5. The number of hydrogen-bond acceptors (Lipinski definition) is 3. The number of guanidine groups is 1. The molecule has 0 bridgehead atoms. The molecule has 0 saturated heterocycles. The fourth-order valence-corrected chi connectivity index (χ4v) is 2.52. The highest BCUT2D eigenvalue weighted by Gasteiger charge is 2.44. The number of nitrogens with one attached hydrogen (secondary N) is 2. The van der Waals surface area contributed by atoms with E-state index in [1.807, 2.05) is 26.8 Å². The van der Waals surface area contributed by atoms with Crippen LogP contribution in [0.15, 0.2) is 35.3 Å². The van der Waals surface area contributed by atoms with Crippen LogP contribution >= 0.6 is 0 Å². The maximum atomic E-state index is 11.7. The molecule has 23 heavy (non-hydrogen) atoms. The number of rotatable bonds is 5. The normalized spacial score (nSPS) is 16.6. The Labute approximate surface area is 138 Å². The van der Waals surface area contributed by atoms with Gasteiger partial charge in [-0.1, -0.05) is 30.3 Å². The number of ether oxygens (including phenoxy) is 1. The van der Waals surface area contributed by atoms with Gasteiger partial charge in [-0.05, 0) is 39.2 Å². The van der Waals surface area contributed by atoms with E-state index >= 15 is 0 Å². The summed E-state index contributed by atoms with van der Waals surface area (Å²) in [6.07, 6.45) is 2.35. The molecule has 1 aliphatic rings. The number of carbonyl (C=O) groups excluding carboxylic acids is 1. The van der Waals surface area contributed by atoms with Crippen LogP contribution in [0.5, 0.6) is 0 Å². The highest BCUT2D eigenvalue weighted by atomic mass is 16.6. The lowest BCUT2D eigenvalue weighted by molar-refractivity contribution is -0.153. The second kappa shape index (κ2) is 7.02. The van der Waals surface area contributed by atoms with E-state index in [-0.39, 0.29) is 17.9 Å². The van der Waals surface area contributed by atoms with Crippen molar-refractivity contribution in [3.63, 3.8) is 0 Å². The summed E-state index contributed by atoms with van der Waals surface area (Å²) in [7, 11) is 1.70. The van der Waals surface area contributed by atoms with E-state index in [1.54, 1.807) is 7.05 Å². The number of aliphatic imine (C=N–C) groups is 1. The molecule has 1 aliphatic carbocycles. The van der Waals surface area contributed by atoms with E-state index < -0.39 is 5.60 Å². The molecular formula is C18H27N3O2. The molecule has 126 valence electrons. The van der Waals surface area contributed by atoms with Crippen LogP contribution in [0.2, 0.25) is 0 Å². The van der Waals surface area contributed by atoms with Gasteiger partial charge in [0.25, 0.3) is 0 Å². The van der Waals surface area contributed by atoms with Gasteiger partial charge in [-0.3, -0.25) is 9.79 Å². The Morgan fingerprint density at radius 1 is 1.22 bits per heavy atom. The van der Waals surface area contributed by atoms with Crippen molar-refractivity contribution in [1.82, 2.24) is 10.6 Å². The van der Waals surface area contributed by atoms with Crippen LogP contribution in [0, 0.1) is 0 Å². The number of carbonyl (C=O) groups is 1. The first-order chi connectivity index (χ1) is 10.8. The highest BCUT2D eigenvalue weighted by Crippen LogP contribution is 2.47. The molecule has 0 unspecified atom stereocenters. The maximum absolute atomic E-state index is 11.7. The first kappa shape index (κ1) is 17.3. The van der Waals surface area contributed by atoms with Gasteiger partial charge in [0.15, 0.2) is 5.96 Å². The molecule has 2 N–H and O–H groups in total. The van der Waals surface area contributed by atoms with Crippen LogP contribution in [0.1, 0.15) is 39.2 Å². The Balaban J connectivity index is 1.81. The SMILES string of the molecule is CN=C(NCC(=O)OC(C)(C)C)NCC1(c2ccccc2)CC1. The summed E-state index contributed by atoms with van der Waals surface area (Å²) < 4.78 is 5.28. The average Bonchev–Trinajstić information content (AvgIpc) is 3.28. The van der Waals surface area contributed by atoms with Crippen molar-refractivity contribution < 1.29 is 9.53 Å². The van der Waals surface area contributed by atoms with Crippen LogP contribution < -0.4 is 10.6 Å². The molecule has 2 rings (SSSR count). The lowest BCUT2D eigenvalue weighted by atomic mass is 9.96. The van der Waals surface area contributed by atoms with Crippen molar-refractivity contribution in [2.24, 2.45) is 4.99 Å². The maximum Gasteiger partial charge on any atom is 0.325 e. The van der Waals surface area contributed by atoms with Crippen LogP contribution in [-0.4, -0.2) is 37.7 Å². The minimum atomic E-state index is -0.471. The molecule has 0 amide bonds. The van der Waals surface area contributed by atoms with Crippen LogP contribution in [-0.2, 0) is 14.9 Å². The van der Waals surface area contributed by atoms with Crippen LogP contribution in [0.4, 0.5) is 0 Å². The zero-order valence-electron chi connectivity index (χ0n) is 14.5. The van der Waals surface area contributed by atoms with Crippen LogP contribution in [0.3, 0.4) is 0 Å². The topological polar surface area (TPSA) is 62.7 Å². The Hall–Kier alpha value is -2.04. The van der Waals surface area contributed by atoms with E-state index in [0.717, 1.165) is 6.54 Å². The molecule has 1 aromatic carbocycles. The smallest absolute Gasteiger partial charge is 0.325 e. The molecule has 0 heterocycles. The number of nitrogens with zero attached hydrogens (tertiary/aromatic N) is 1. The average molecular weight is 317 g/mol. The van der Waals surface area contributed by atoms with Crippen molar-refractivity contribution in [3.8, 4) is 0 Å². The third-order valence-corrected chi connectivity index (χ3v) is 3.88. The second-order valence-electron chi connectivity index (χ2n) is 7.01. The summed E-state index contributed by atoms with van der Waals surface area (Å²) >= 11 is 0. The van der Waals surface area contributed by atoms with E-state index in [4.69, 9.17) is 4.74 Å². The van der Waals surface area contributed by atoms with Gasteiger partial charge >= 0.3 is 5.97 Å². The number of benzene rings is 1. The lowest BCUT2D eigenvalue weighted by Crippen LogP contribution is -2.44. The van der Waals surface area contributed by atoms with Gasteiger partial charge < -0.3 is 15.4 Å². The van der Waals surface area contributed by atoms with Gasteiger partial charge in [-0.2, -0.15) is 0 Å². The van der Waals surface area contributed by atoms with E-state index in [9.17, 15) is 4.79 Å². The molecular weight excluding hydrogens is 290 g/mol. The summed E-state index contributed by atoms with van der Waals surface area (Å²) in [4.78, 5) is 15.9. The third kappa shape index (κ3) is 5.27. The first-order valence-electron chi connectivity index (χ1n) is 8.07. The van der Waals surface area contributed by atoms with Crippen molar-refractivity contribution >= 4 is 11.9 Å². The summed E-state index contributed by atoms with van der Waals surface area (Å²) in [5.74, 6) is 0.336. The fourth-order valence-electron chi connectivity index (χ4n) is 2.52.